The largest absolute Gasteiger partial charge is 0.478 e. The Morgan fingerprint density at radius 1 is 1.33 bits per heavy atom. The molecule has 106 valence electrons. The van der Waals surface area contributed by atoms with Crippen LogP contribution < -0.4 is 5.73 Å². The summed E-state index contributed by atoms with van der Waals surface area (Å²) in [5, 5.41) is 9.01. The topological polar surface area (TPSA) is 108 Å². The standard InChI is InChI=1S/C11H21NO6/c1-6-16-7(2)17-11(12,8(13)14)9(15)18-10(3,4)5/h7H,6,12H2,1-5H3,(H,13,14). The van der Waals surface area contributed by atoms with Gasteiger partial charge in [0, 0.05) is 6.61 Å². The molecule has 2 atom stereocenters. The first-order valence-corrected chi connectivity index (χ1v) is 5.58. The fourth-order valence-electron chi connectivity index (χ4n) is 1.07. The summed E-state index contributed by atoms with van der Waals surface area (Å²) in [7, 11) is 0. The van der Waals surface area contributed by atoms with Crippen molar-refractivity contribution in [1.82, 2.24) is 0 Å². The molecule has 0 rings (SSSR count). The number of ether oxygens (including phenoxy) is 3. The van der Waals surface area contributed by atoms with Crippen LogP contribution in [0.4, 0.5) is 0 Å². The molecule has 0 aromatic carbocycles. The molecule has 0 aromatic heterocycles. The maximum Gasteiger partial charge on any atom is 0.366 e. The van der Waals surface area contributed by atoms with Gasteiger partial charge in [0.2, 0.25) is 0 Å². The quantitative estimate of drug-likeness (QED) is 0.407. The number of carboxylic acid groups (broad SMARTS) is 1. The van der Waals surface area contributed by atoms with E-state index in [-0.39, 0.29) is 0 Å². The van der Waals surface area contributed by atoms with Crippen molar-refractivity contribution < 1.29 is 28.9 Å². The third-order valence-electron chi connectivity index (χ3n) is 1.77. The highest BCUT2D eigenvalue weighted by molar-refractivity contribution is 6.02. The number of hydrogen-bond donors (Lipinski definition) is 2. The smallest absolute Gasteiger partial charge is 0.366 e. The Morgan fingerprint density at radius 3 is 2.17 bits per heavy atom. The summed E-state index contributed by atoms with van der Waals surface area (Å²) >= 11 is 0. The minimum absolute atomic E-state index is 0.297. The average molecular weight is 263 g/mol. The van der Waals surface area contributed by atoms with E-state index < -0.39 is 29.6 Å². The molecule has 7 heteroatoms. The lowest BCUT2D eigenvalue weighted by atomic mass is 10.1. The lowest BCUT2D eigenvalue weighted by molar-refractivity contribution is -0.229. The molecule has 0 spiro atoms. The first-order valence-electron chi connectivity index (χ1n) is 5.58. The highest BCUT2D eigenvalue weighted by Gasteiger charge is 2.48. The molecular weight excluding hydrogens is 242 g/mol. The van der Waals surface area contributed by atoms with Gasteiger partial charge in [-0.2, -0.15) is 0 Å². The van der Waals surface area contributed by atoms with Gasteiger partial charge >= 0.3 is 17.7 Å². The number of rotatable bonds is 6. The minimum atomic E-state index is -2.58. The van der Waals surface area contributed by atoms with Crippen LogP contribution in [0.2, 0.25) is 0 Å². The van der Waals surface area contributed by atoms with Crippen molar-refractivity contribution in [2.24, 2.45) is 5.73 Å². The number of esters is 1. The molecule has 0 aliphatic rings. The molecule has 0 radical (unpaired) electrons. The van der Waals surface area contributed by atoms with E-state index in [2.05, 4.69) is 0 Å². The third kappa shape index (κ3) is 4.99. The van der Waals surface area contributed by atoms with Gasteiger partial charge in [-0.1, -0.05) is 0 Å². The van der Waals surface area contributed by atoms with Crippen LogP contribution in [0, 0.1) is 0 Å². The predicted molar refractivity (Wildman–Crippen MR) is 62.6 cm³/mol. The number of carboxylic acids is 1. The molecule has 3 N–H and O–H groups in total. The van der Waals surface area contributed by atoms with E-state index in [0.717, 1.165) is 0 Å². The first kappa shape index (κ1) is 16.8. The van der Waals surface area contributed by atoms with Crippen molar-refractivity contribution in [3.05, 3.63) is 0 Å². The van der Waals surface area contributed by atoms with Crippen LogP contribution in [-0.2, 0) is 23.8 Å². The molecule has 18 heavy (non-hydrogen) atoms. The van der Waals surface area contributed by atoms with Gasteiger partial charge in [-0.3, -0.25) is 5.73 Å². The van der Waals surface area contributed by atoms with E-state index in [4.69, 9.17) is 25.1 Å². The predicted octanol–water partition coefficient (Wildman–Crippen LogP) is 0.467. The first-order chi connectivity index (χ1) is 8.03. The number of hydrogen-bond acceptors (Lipinski definition) is 6. The van der Waals surface area contributed by atoms with Crippen molar-refractivity contribution in [1.29, 1.82) is 0 Å². The Morgan fingerprint density at radius 2 is 1.83 bits per heavy atom. The van der Waals surface area contributed by atoms with Gasteiger partial charge in [0.25, 0.3) is 0 Å². The Labute approximate surface area is 106 Å². The van der Waals surface area contributed by atoms with Crippen LogP contribution >= 0.6 is 0 Å². The SMILES string of the molecule is CCOC(C)OC(N)(C(=O)O)C(=O)OC(C)(C)C. The van der Waals surface area contributed by atoms with Gasteiger partial charge in [-0.25, -0.2) is 9.59 Å². The lowest BCUT2D eigenvalue weighted by Crippen LogP contribution is -2.60. The highest BCUT2D eigenvalue weighted by atomic mass is 16.7. The monoisotopic (exact) mass is 263 g/mol. The van der Waals surface area contributed by atoms with Crippen LogP contribution in [0.1, 0.15) is 34.6 Å². The second kappa shape index (κ2) is 6.12. The molecular formula is C11H21NO6. The zero-order valence-corrected chi connectivity index (χ0v) is 11.4. The fourth-order valence-corrected chi connectivity index (χ4v) is 1.07. The normalized spacial score (nSPS) is 16.8. The molecule has 0 bridgehead atoms. The van der Waals surface area contributed by atoms with Crippen LogP contribution in [0.5, 0.6) is 0 Å². The van der Waals surface area contributed by atoms with E-state index >= 15 is 0 Å². The molecule has 2 unspecified atom stereocenters. The Balaban J connectivity index is 4.92. The number of carbonyl (C=O) groups is 2. The summed E-state index contributed by atoms with van der Waals surface area (Å²) in [6.07, 6.45) is -0.941. The molecule has 0 saturated carbocycles. The Hall–Kier alpha value is -1.18. The lowest BCUT2D eigenvalue weighted by Gasteiger charge is -2.29. The van der Waals surface area contributed by atoms with Crippen molar-refractivity contribution in [3.8, 4) is 0 Å². The van der Waals surface area contributed by atoms with Gasteiger partial charge in [0.1, 0.15) is 5.60 Å². The van der Waals surface area contributed by atoms with E-state index in [1.807, 2.05) is 0 Å². The zero-order chi connectivity index (χ0) is 14.6. The van der Waals surface area contributed by atoms with Crippen LogP contribution in [0.3, 0.4) is 0 Å². The van der Waals surface area contributed by atoms with Gasteiger partial charge in [0.15, 0.2) is 6.29 Å². The third-order valence-corrected chi connectivity index (χ3v) is 1.77. The molecule has 0 aromatic rings. The summed E-state index contributed by atoms with van der Waals surface area (Å²) in [4.78, 5) is 22.8. The van der Waals surface area contributed by atoms with Crippen LogP contribution in [-0.4, -0.2) is 41.3 Å². The van der Waals surface area contributed by atoms with Crippen LogP contribution in [0.15, 0.2) is 0 Å². The molecule has 0 heterocycles. The van der Waals surface area contributed by atoms with Crippen molar-refractivity contribution in [2.45, 2.75) is 52.2 Å². The van der Waals surface area contributed by atoms with Crippen molar-refractivity contribution in [3.63, 3.8) is 0 Å². The number of nitrogens with two attached hydrogens (primary N) is 1. The van der Waals surface area contributed by atoms with Crippen LogP contribution in [0.25, 0.3) is 0 Å². The summed E-state index contributed by atoms with van der Waals surface area (Å²) in [5.41, 5.74) is 2.00. The number of carbonyl (C=O) groups excluding carboxylic acids is 1. The van der Waals surface area contributed by atoms with E-state index in [1.54, 1.807) is 27.7 Å². The zero-order valence-electron chi connectivity index (χ0n) is 11.4. The Bertz CT molecular complexity index is 311. The summed E-state index contributed by atoms with van der Waals surface area (Å²) in [6, 6.07) is 0. The molecule has 7 nitrogen and oxygen atoms in total. The van der Waals surface area contributed by atoms with Gasteiger partial charge in [-0.15, -0.1) is 0 Å². The number of aliphatic carboxylic acids is 1. The average Bonchev–Trinajstić information content (AvgIpc) is 2.14. The van der Waals surface area contributed by atoms with E-state index in [9.17, 15) is 9.59 Å². The second-order valence-electron chi connectivity index (χ2n) is 4.68. The van der Waals surface area contributed by atoms with Gasteiger partial charge in [-0.05, 0) is 34.6 Å². The molecule has 0 aliphatic heterocycles. The second-order valence-corrected chi connectivity index (χ2v) is 4.68. The minimum Gasteiger partial charge on any atom is -0.478 e. The summed E-state index contributed by atoms with van der Waals surface area (Å²) in [6.45, 7) is 8.23. The van der Waals surface area contributed by atoms with E-state index in [0.29, 0.717) is 6.61 Å². The maximum absolute atomic E-state index is 11.8. The van der Waals surface area contributed by atoms with Crippen molar-refractivity contribution in [2.75, 3.05) is 6.61 Å². The molecule has 0 saturated heterocycles. The highest BCUT2D eigenvalue weighted by Crippen LogP contribution is 2.16. The summed E-state index contributed by atoms with van der Waals surface area (Å²) in [5.74, 6) is -2.81. The van der Waals surface area contributed by atoms with Gasteiger partial charge in [0.05, 0.1) is 0 Å². The Kier molecular flexibility index (Phi) is 5.72. The summed E-state index contributed by atoms with van der Waals surface area (Å²) < 4.78 is 14.8. The van der Waals surface area contributed by atoms with Gasteiger partial charge < -0.3 is 19.3 Å². The fraction of sp³-hybridized carbons (Fsp3) is 0.818. The molecule has 0 aliphatic carbocycles. The molecule has 0 fully saturated rings. The van der Waals surface area contributed by atoms with E-state index in [1.165, 1.54) is 6.92 Å². The maximum atomic E-state index is 11.8. The molecule has 0 amide bonds. The van der Waals surface area contributed by atoms with Crippen molar-refractivity contribution >= 4 is 11.9 Å².